The Hall–Kier alpha value is -2.74. The molecule has 1 aromatic carbocycles. The number of anilines is 2. The smallest absolute Gasteiger partial charge is 0.326 e. The first-order valence-electron chi connectivity index (χ1n) is 9.71. The first-order chi connectivity index (χ1) is 14.1. The summed E-state index contributed by atoms with van der Waals surface area (Å²) in [7, 11) is 1.89. The molecule has 0 fully saturated rings. The van der Waals surface area contributed by atoms with Gasteiger partial charge in [-0.2, -0.15) is 11.8 Å². The van der Waals surface area contributed by atoms with Gasteiger partial charge in [-0.1, -0.05) is 32.9 Å². The Morgan fingerprint density at radius 1 is 1.37 bits per heavy atom. The zero-order valence-corrected chi connectivity index (χ0v) is 18.9. The van der Waals surface area contributed by atoms with Crippen LogP contribution in [0.5, 0.6) is 0 Å². The van der Waals surface area contributed by atoms with Crippen LogP contribution >= 0.6 is 11.8 Å². The second kappa shape index (κ2) is 10.3. The molecular formula is C22H30N4O3S. The Balaban J connectivity index is 2.38. The fourth-order valence-electron chi connectivity index (χ4n) is 2.74. The van der Waals surface area contributed by atoms with Crippen LogP contribution < -0.4 is 10.2 Å². The highest BCUT2D eigenvalue weighted by molar-refractivity contribution is 7.98. The summed E-state index contributed by atoms with van der Waals surface area (Å²) in [4.78, 5) is 33.6. The van der Waals surface area contributed by atoms with Gasteiger partial charge in [0.1, 0.15) is 6.04 Å². The van der Waals surface area contributed by atoms with Gasteiger partial charge in [0.15, 0.2) is 5.82 Å². The van der Waals surface area contributed by atoms with E-state index in [1.54, 1.807) is 30.4 Å². The molecule has 0 bridgehead atoms. The van der Waals surface area contributed by atoms with Gasteiger partial charge in [0.05, 0.1) is 6.33 Å². The average Bonchev–Trinajstić information content (AvgIpc) is 3.22. The number of nitrogens with zero attached hydrogens (tertiary/aromatic N) is 2. The highest BCUT2D eigenvalue weighted by atomic mass is 32.2. The lowest BCUT2D eigenvalue weighted by Gasteiger charge is -2.20. The van der Waals surface area contributed by atoms with E-state index >= 15 is 0 Å². The van der Waals surface area contributed by atoms with E-state index in [9.17, 15) is 14.7 Å². The van der Waals surface area contributed by atoms with Crippen LogP contribution in [0.1, 0.15) is 43.1 Å². The molecule has 30 heavy (non-hydrogen) atoms. The van der Waals surface area contributed by atoms with Crippen LogP contribution in [-0.2, 0) is 4.79 Å². The number of hydrogen-bond donors (Lipinski definition) is 3. The van der Waals surface area contributed by atoms with E-state index in [-0.39, 0.29) is 5.41 Å². The van der Waals surface area contributed by atoms with Crippen LogP contribution in [0.15, 0.2) is 36.8 Å². The van der Waals surface area contributed by atoms with E-state index < -0.39 is 17.9 Å². The van der Waals surface area contributed by atoms with Gasteiger partial charge in [-0.05, 0) is 47.6 Å². The van der Waals surface area contributed by atoms with Gasteiger partial charge in [-0.25, -0.2) is 9.78 Å². The van der Waals surface area contributed by atoms with Gasteiger partial charge in [-0.3, -0.25) is 4.79 Å². The van der Waals surface area contributed by atoms with Crippen LogP contribution in [0.25, 0.3) is 6.08 Å². The van der Waals surface area contributed by atoms with Crippen molar-refractivity contribution in [3.8, 4) is 0 Å². The summed E-state index contributed by atoms with van der Waals surface area (Å²) in [6, 6.07) is 4.54. The fraction of sp³-hybridized carbons (Fsp3) is 0.409. The third-order valence-electron chi connectivity index (χ3n) is 4.47. The van der Waals surface area contributed by atoms with Gasteiger partial charge < -0.3 is 20.3 Å². The van der Waals surface area contributed by atoms with Crippen molar-refractivity contribution in [2.45, 2.75) is 33.2 Å². The molecule has 0 aliphatic carbocycles. The minimum absolute atomic E-state index is 0.0696. The summed E-state index contributed by atoms with van der Waals surface area (Å²) in [5.41, 5.74) is 1.95. The normalized spacial score (nSPS) is 12.7. The number of nitrogens with one attached hydrogen (secondary N) is 2. The van der Waals surface area contributed by atoms with E-state index in [1.165, 1.54) is 0 Å². The van der Waals surface area contributed by atoms with Crippen molar-refractivity contribution < 1.29 is 14.7 Å². The first kappa shape index (κ1) is 23.5. The number of amides is 1. The maximum atomic E-state index is 12.9. The zero-order chi connectivity index (χ0) is 22.3. The molecule has 1 amide bonds. The monoisotopic (exact) mass is 430 g/mol. The molecule has 8 heteroatoms. The van der Waals surface area contributed by atoms with Crippen molar-refractivity contribution in [1.82, 2.24) is 15.3 Å². The maximum Gasteiger partial charge on any atom is 0.326 e. The van der Waals surface area contributed by atoms with Crippen molar-refractivity contribution >= 4 is 41.2 Å². The molecule has 3 N–H and O–H groups in total. The molecule has 0 radical (unpaired) electrons. The van der Waals surface area contributed by atoms with E-state index in [0.717, 1.165) is 17.1 Å². The molecule has 2 rings (SSSR count). The van der Waals surface area contributed by atoms with E-state index in [1.807, 2.05) is 42.5 Å². The number of H-pyrrole nitrogens is 1. The second-order valence-electron chi connectivity index (χ2n) is 8.10. The molecule has 0 aliphatic rings. The van der Waals surface area contributed by atoms with Gasteiger partial charge in [0.25, 0.3) is 5.91 Å². The molecule has 1 heterocycles. The highest BCUT2D eigenvalue weighted by Gasteiger charge is 2.22. The number of hydrogen-bond acceptors (Lipinski definition) is 5. The van der Waals surface area contributed by atoms with Crippen molar-refractivity contribution in [3.05, 3.63) is 47.9 Å². The Labute approximate surface area is 182 Å². The van der Waals surface area contributed by atoms with Crippen LogP contribution in [0.3, 0.4) is 0 Å². The number of carbonyl (C=O) groups is 2. The summed E-state index contributed by atoms with van der Waals surface area (Å²) >= 11 is 1.55. The topological polar surface area (TPSA) is 98.3 Å². The van der Waals surface area contributed by atoms with Crippen LogP contribution in [0, 0.1) is 5.41 Å². The van der Waals surface area contributed by atoms with Crippen molar-refractivity contribution in [2.75, 3.05) is 24.0 Å². The number of allylic oxidation sites excluding steroid dienone is 1. The van der Waals surface area contributed by atoms with Gasteiger partial charge in [0.2, 0.25) is 0 Å². The summed E-state index contributed by atoms with van der Waals surface area (Å²) < 4.78 is 0. The van der Waals surface area contributed by atoms with Gasteiger partial charge >= 0.3 is 5.97 Å². The Morgan fingerprint density at radius 2 is 2.10 bits per heavy atom. The van der Waals surface area contributed by atoms with Crippen molar-refractivity contribution in [1.29, 1.82) is 0 Å². The minimum atomic E-state index is -1.03. The summed E-state index contributed by atoms with van der Waals surface area (Å²) in [5, 5.41) is 12.1. The number of aromatic nitrogens is 2. The van der Waals surface area contributed by atoms with Crippen molar-refractivity contribution in [2.24, 2.45) is 5.41 Å². The summed E-state index contributed by atoms with van der Waals surface area (Å²) in [6.45, 7) is 6.23. The van der Waals surface area contributed by atoms with Crippen molar-refractivity contribution in [3.63, 3.8) is 0 Å². The largest absolute Gasteiger partial charge is 0.480 e. The Morgan fingerprint density at radius 3 is 2.67 bits per heavy atom. The number of thioether (sulfide) groups is 1. The number of imidazole rings is 1. The van der Waals surface area contributed by atoms with E-state index in [0.29, 0.717) is 17.7 Å². The lowest BCUT2D eigenvalue weighted by Crippen LogP contribution is -2.41. The third-order valence-corrected chi connectivity index (χ3v) is 5.12. The molecule has 1 aromatic heterocycles. The Kier molecular flexibility index (Phi) is 8.11. The van der Waals surface area contributed by atoms with Crippen LogP contribution in [0.4, 0.5) is 11.5 Å². The molecule has 0 saturated heterocycles. The molecule has 0 saturated carbocycles. The first-order valence-corrected chi connectivity index (χ1v) is 11.1. The molecule has 2 aromatic rings. The summed E-state index contributed by atoms with van der Waals surface area (Å²) in [5.74, 6) is -0.0207. The fourth-order valence-corrected chi connectivity index (χ4v) is 3.21. The SMILES string of the molecule is CSCCC(NC(=O)c1ccc(N(C)c2c[nH]cn2)cc1/C=C\C(C)(C)C)C(=O)O. The number of carboxylic acids is 1. The van der Waals surface area contributed by atoms with Gasteiger partial charge in [0, 0.05) is 24.5 Å². The van der Waals surface area contributed by atoms with E-state index in [2.05, 4.69) is 36.1 Å². The maximum absolute atomic E-state index is 12.9. The number of aliphatic carboxylic acids is 1. The zero-order valence-electron chi connectivity index (χ0n) is 18.1. The van der Waals surface area contributed by atoms with Crippen LogP contribution in [-0.4, -0.2) is 52.0 Å². The number of benzene rings is 1. The van der Waals surface area contributed by atoms with Crippen LogP contribution in [0.2, 0.25) is 0 Å². The molecule has 1 atom stereocenters. The second-order valence-corrected chi connectivity index (χ2v) is 9.09. The molecule has 0 aliphatic heterocycles. The number of aromatic amines is 1. The molecule has 162 valence electrons. The lowest BCUT2D eigenvalue weighted by atomic mass is 9.94. The number of carbonyl (C=O) groups excluding carboxylic acids is 1. The predicted molar refractivity (Wildman–Crippen MR) is 123 cm³/mol. The van der Waals surface area contributed by atoms with Gasteiger partial charge in [-0.15, -0.1) is 0 Å². The highest BCUT2D eigenvalue weighted by Crippen LogP contribution is 2.26. The molecular weight excluding hydrogens is 400 g/mol. The average molecular weight is 431 g/mol. The minimum Gasteiger partial charge on any atom is -0.480 e. The lowest BCUT2D eigenvalue weighted by molar-refractivity contribution is -0.139. The third kappa shape index (κ3) is 6.66. The standard InChI is InChI=1S/C22H30N4O3S/c1-22(2,3)10-8-15-12-16(26(4)19-13-23-14-24-19)6-7-17(15)20(27)25-18(21(28)29)9-11-30-5/h6-8,10,12-14,18H,9,11H2,1-5H3,(H,23,24)(H,25,27)(H,28,29)/b10-8-. The molecule has 0 spiro atoms. The molecule has 1 unspecified atom stereocenters. The predicted octanol–water partition coefficient (Wildman–Crippen LogP) is 4.17. The number of carboxylic acid groups (broad SMARTS) is 1. The Bertz CT molecular complexity index is 888. The summed E-state index contributed by atoms with van der Waals surface area (Å²) in [6.07, 6.45) is 9.61. The van der Waals surface area contributed by atoms with E-state index in [4.69, 9.17) is 0 Å². The molecule has 7 nitrogen and oxygen atoms in total. The number of rotatable bonds is 9. The quantitative estimate of drug-likeness (QED) is 0.552.